The summed E-state index contributed by atoms with van der Waals surface area (Å²) < 4.78 is 0. The molecule has 0 bridgehead atoms. The van der Waals surface area contributed by atoms with Crippen molar-refractivity contribution in [2.45, 2.75) is 33.6 Å². The molecule has 0 atom stereocenters. The number of nitrogens with zero attached hydrogens (tertiary/aromatic N) is 3. The highest BCUT2D eigenvalue weighted by Crippen LogP contribution is 2.20. The van der Waals surface area contributed by atoms with E-state index in [4.69, 9.17) is 4.98 Å². The van der Waals surface area contributed by atoms with E-state index in [0.29, 0.717) is 0 Å². The molecule has 0 saturated carbocycles. The fraction of sp³-hybridized carbons (Fsp3) is 0.714. The summed E-state index contributed by atoms with van der Waals surface area (Å²) in [5, 5.41) is 3.40. The van der Waals surface area contributed by atoms with Crippen LogP contribution in [-0.4, -0.2) is 36.1 Å². The van der Waals surface area contributed by atoms with Crippen LogP contribution >= 0.6 is 0 Å². The van der Waals surface area contributed by atoms with Gasteiger partial charge in [-0.25, -0.2) is 9.97 Å². The molecule has 1 aromatic heterocycles. The first-order chi connectivity index (χ1) is 8.54. The molecule has 4 heteroatoms. The number of hydrogen-bond acceptors (Lipinski definition) is 4. The van der Waals surface area contributed by atoms with Gasteiger partial charge in [-0.1, -0.05) is 20.8 Å². The third-order valence-corrected chi connectivity index (χ3v) is 3.03. The van der Waals surface area contributed by atoms with Crippen molar-refractivity contribution < 1.29 is 0 Å². The first-order valence-electron chi connectivity index (χ1n) is 6.82. The van der Waals surface area contributed by atoms with Crippen LogP contribution in [0.2, 0.25) is 0 Å². The molecule has 1 N–H and O–H groups in total. The van der Waals surface area contributed by atoms with Crippen molar-refractivity contribution in [1.82, 2.24) is 15.3 Å². The normalized spacial score (nSPS) is 17.6. The minimum absolute atomic E-state index is 0.270. The van der Waals surface area contributed by atoms with Gasteiger partial charge in [0.2, 0.25) is 5.95 Å². The smallest absolute Gasteiger partial charge is 0.225 e. The van der Waals surface area contributed by atoms with Gasteiger partial charge >= 0.3 is 0 Å². The average Bonchev–Trinajstić information content (AvgIpc) is 2.55. The maximum absolute atomic E-state index is 4.71. The van der Waals surface area contributed by atoms with Gasteiger partial charge in [-0.05, 0) is 30.9 Å². The van der Waals surface area contributed by atoms with Crippen molar-refractivity contribution in [3.05, 3.63) is 18.0 Å². The monoisotopic (exact) mass is 248 g/mol. The molecular formula is C14H24N4. The van der Waals surface area contributed by atoms with Crippen molar-refractivity contribution in [3.63, 3.8) is 0 Å². The van der Waals surface area contributed by atoms with Gasteiger partial charge in [0.1, 0.15) is 0 Å². The van der Waals surface area contributed by atoms with Crippen molar-refractivity contribution >= 4 is 5.95 Å². The van der Waals surface area contributed by atoms with Crippen LogP contribution in [0.1, 0.15) is 32.9 Å². The Balaban J connectivity index is 2.10. The van der Waals surface area contributed by atoms with Crippen molar-refractivity contribution in [2.75, 3.05) is 31.1 Å². The van der Waals surface area contributed by atoms with Crippen LogP contribution < -0.4 is 10.2 Å². The van der Waals surface area contributed by atoms with Crippen LogP contribution in [0.15, 0.2) is 12.3 Å². The van der Waals surface area contributed by atoms with E-state index in [1.807, 2.05) is 12.3 Å². The van der Waals surface area contributed by atoms with E-state index >= 15 is 0 Å². The highest BCUT2D eigenvalue weighted by molar-refractivity contribution is 5.30. The fourth-order valence-electron chi connectivity index (χ4n) is 2.22. The molecular weight excluding hydrogens is 224 g/mol. The number of hydrogen-bond donors (Lipinski definition) is 1. The van der Waals surface area contributed by atoms with E-state index in [0.717, 1.165) is 50.7 Å². The molecule has 1 aliphatic rings. The Labute approximate surface area is 110 Å². The van der Waals surface area contributed by atoms with Crippen molar-refractivity contribution in [1.29, 1.82) is 0 Å². The fourth-order valence-corrected chi connectivity index (χ4v) is 2.22. The second-order valence-corrected chi connectivity index (χ2v) is 6.18. The number of aromatic nitrogens is 2. The standard InChI is InChI=1S/C14H24N4/c1-14(2,3)11-12-5-7-16-13(17-12)18-9-4-6-15-8-10-18/h5,7,15H,4,6,8-11H2,1-3H3. The van der Waals surface area contributed by atoms with Gasteiger partial charge in [-0.15, -0.1) is 0 Å². The summed E-state index contributed by atoms with van der Waals surface area (Å²) in [6, 6.07) is 2.03. The van der Waals surface area contributed by atoms with Crippen LogP contribution in [0.5, 0.6) is 0 Å². The molecule has 0 amide bonds. The molecule has 1 aromatic rings. The van der Waals surface area contributed by atoms with Gasteiger partial charge in [-0.2, -0.15) is 0 Å². The Kier molecular flexibility index (Phi) is 4.17. The largest absolute Gasteiger partial charge is 0.339 e. The van der Waals surface area contributed by atoms with Crippen molar-refractivity contribution in [2.24, 2.45) is 5.41 Å². The lowest BCUT2D eigenvalue weighted by atomic mass is 9.90. The first kappa shape index (κ1) is 13.3. The predicted molar refractivity (Wildman–Crippen MR) is 74.9 cm³/mol. The minimum Gasteiger partial charge on any atom is -0.339 e. The molecule has 100 valence electrons. The zero-order valence-corrected chi connectivity index (χ0v) is 11.7. The lowest BCUT2D eigenvalue weighted by Crippen LogP contribution is -2.29. The molecule has 1 fully saturated rings. The van der Waals surface area contributed by atoms with Gasteiger partial charge in [-0.3, -0.25) is 0 Å². The maximum Gasteiger partial charge on any atom is 0.225 e. The summed E-state index contributed by atoms with van der Waals surface area (Å²) in [5.41, 5.74) is 1.41. The van der Waals surface area contributed by atoms with E-state index in [1.54, 1.807) is 0 Å². The number of nitrogens with one attached hydrogen (secondary N) is 1. The highest BCUT2D eigenvalue weighted by atomic mass is 15.3. The molecule has 2 heterocycles. The Morgan fingerprint density at radius 1 is 1.28 bits per heavy atom. The summed E-state index contributed by atoms with van der Waals surface area (Å²) in [4.78, 5) is 11.4. The van der Waals surface area contributed by atoms with E-state index in [2.05, 4.69) is 36.0 Å². The third kappa shape index (κ3) is 3.95. The molecule has 2 rings (SSSR count). The molecule has 0 unspecified atom stereocenters. The molecule has 0 spiro atoms. The zero-order valence-electron chi connectivity index (χ0n) is 11.7. The average molecular weight is 248 g/mol. The zero-order chi connectivity index (χ0) is 13.0. The summed E-state index contributed by atoms with van der Waals surface area (Å²) >= 11 is 0. The van der Waals surface area contributed by atoms with Gasteiger partial charge in [0.05, 0.1) is 0 Å². The molecule has 1 saturated heterocycles. The van der Waals surface area contributed by atoms with Crippen LogP contribution in [0.25, 0.3) is 0 Å². The quantitative estimate of drug-likeness (QED) is 0.867. The van der Waals surface area contributed by atoms with Gasteiger partial charge in [0.25, 0.3) is 0 Å². The number of anilines is 1. The van der Waals surface area contributed by atoms with Crippen LogP contribution in [0, 0.1) is 5.41 Å². The molecule has 1 aliphatic heterocycles. The van der Waals surface area contributed by atoms with Crippen LogP contribution in [-0.2, 0) is 6.42 Å². The summed E-state index contributed by atoms with van der Waals surface area (Å²) in [6.07, 6.45) is 4.04. The van der Waals surface area contributed by atoms with Crippen molar-refractivity contribution in [3.8, 4) is 0 Å². The highest BCUT2D eigenvalue weighted by Gasteiger charge is 2.15. The summed E-state index contributed by atoms with van der Waals surface area (Å²) in [5.74, 6) is 0.889. The molecule has 0 radical (unpaired) electrons. The lowest BCUT2D eigenvalue weighted by Gasteiger charge is -2.22. The Hall–Kier alpha value is -1.16. The topological polar surface area (TPSA) is 41.1 Å². The molecule has 18 heavy (non-hydrogen) atoms. The second-order valence-electron chi connectivity index (χ2n) is 6.18. The Bertz CT molecular complexity index is 376. The third-order valence-electron chi connectivity index (χ3n) is 3.03. The maximum atomic E-state index is 4.71. The Morgan fingerprint density at radius 2 is 2.11 bits per heavy atom. The van der Waals surface area contributed by atoms with Gasteiger partial charge in [0, 0.05) is 31.5 Å². The van der Waals surface area contributed by atoms with Crippen LogP contribution in [0.4, 0.5) is 5.95 Å². The van der Waals surface area contributed by atoms with E-state index in [9.17, 15) is 0 Å². The number of rotatable bonds is 2. The minimum atomic E-state index is 0.270. The Morgan fingerprint density at radius 3 is 2.89 bits per heavy atom. The van der Waals surface area contributed by atoms with E-state index in [-0.39, 0.29) is 5.41 Å². The molecule has 0 aliphatic carbocycles. The summed E-state index contributed by atoms with van der Waals surface area (Å²) in [6.45, 7) is 10.9. The predicted octanol–water partition coefficient (Wildman–Crippen LogP) is 1.86. The van der Waals surface area contributed by atoms with Crippen LogP contribution in [0.3, 0.4) is 0 Å². The first-order valence-corrected chi connectivity index (χ1v) is 6.82. The van der Waals surface area contributed by atoms with E-state index < -0.39 is 0 Å². The van der Waals surface area contributed by atoms with Gasteiger partial charge in [0.15, 0.2) is 0 Å². The second kappa shape index (κ2) is 5.65. The molecule has 0 aromatic carbocycles. The van der Waals surface area contributed by atoms with Gasteiger partial charge < -0.3 is 10.2 Å². The SMILES string of the molecule is CC(C)(C)Cc1ccnc(N2CCCNCC2)n1. The summed E-state index contributed by atoms with van der Waals surface area (Å²) in [7, 11) is 0. The lowest BCUT2D eigenvalue weighted by molar-refractivity contribution is 0.406. The molecule has 4 nitrogen and oxygen atoms in total. The van der Waals surface area contributed by atoms with E-state index in [1.165, 1.54) is 0 Å².